The predicted octanol–water partition coefficient (Wildman–Crippen LogP) is 0.0189. The molecule has 1 atom stereocenters. The quantitative estimate of drug-likeness (QED) is 0.650. The van der Waals surface area contributed by atoms with Gasteiger partial charge in [-0.3, -0.25) is 4.79 Å². The Morgan fingerprint density at radius 3 is 2.62 bits per heavy atom. The molecule has 1 rings (SSSR count). The van der Waals surface area contributed by atoms with Crippen LogP contribution in [0.25, 0.3) is 0 Å². The molecule has 0 aromatic rings. The molecule has 4 nitrogen and oxygen atoms in total. The van der Waals surface area contributed by atoms with E-state index in [4.69, 9.17) is 10.5 Å². The zero-order valence-corrected chi connectivity index (χ0v) is 8.30. The van der Waals surface area contributed by atoms with Crippen LogP contribution in [0.5, 0.6) is 0 Å². The summed E-state index contributed by atoms with van der Waals surface area (Å²) in [4.78, 5) is 11.5. The first-order valence-electron chi connectivity index (χ1n) is 4.66. The molecule has 0 aromatic heterocycles. The molecule has 4 heteroatoms. The summed E-state index contributed by atoms with van der Waals surface area (Å²) < 4.78 is 4.94. The second-order valence-electron chi connectivity index (χ2n) is 3.86. The van der Waals surface area contributed by atoms with E-state index < -0.39 is 6.10 Å². The van der Waals surface area contributed by atoms with Crippen molar-refractivity contribution in [2.75, 3.05) is 13.7 Å². The number of hydrogen-bond donors (Lipinski definition) is 2. The number of methoxy groups -OCH3 is 1. The molecule has 1 unspecified atom stereocenters. The molecule has 13 heavy (non-hydrogen) atoms. The summed E-state index contributed by atoms with van der Waals surface area (Å²) in [5, 5.41) is 2.95. The number of hydrogen-bond acceptors (Lipinski definition) is 3. The van der Waals surface area contributed by atoms with Gasteiger partial charge in [-0.15, -0.1) is 0 Å². The topological polar surface area (TPSA) is 64.3 Å². The van der Waals surface area contributed by atoms with Crippen LogP contribution in [0.4, 0.5) is 0 Å². The fourth-order valence-electron chi connectivity index (χ4n) is 1.52. The highest BCUT2D eigenvalue weighted by Gasteiger charge is 2.34. The third-order valence-electron chi connectivity index (χ3n) is 2.67. The fourth-order valence-corrected chi connectivity index (χ4v) is 1.52. The lowest BCUT2D eigenvalue weighted by molar-refractivity contribution is -0.133. The summed E-state index contributed by atoms with van der Waals surface area (Å²) in [6.07, 6.45) is 2.80. The van der Waals surface area contributed by atoms with Gasteiger partial charge in [-0.2, -0.15) is 0 Å². The average Bonchev–Trinajstić information content (AvgIpc) is 2.04. The zero-order valence-electron chi connectivity index (χ0n) is 8.30. The van der Waals surface area contributed by atoms with Crippen molar-refractivity contribution in [3.8, 4) is 0 Å². The van der Waals surface area contributed by atoms with E-state index in [1.54, 1.807) is 0 Å². The van der Waals surface area contributed by atoms with Gasteiger partial charge in [0.1, 0.15) is 6.10 Å². The van der Waals surface area contributed by atoms with Crippen molar-refractivity contribution in [2.45, 2.75) is 37.8 Å². The minimum absolute atomic E-state index is 0.0109. The van der Waals surface area contributed by atoms with Gasteiger partial charge in [0.2, 0.25) is 0 Å². The van der Waals surface area contributed by atoms with E-state index in [2.05, 4.69) is 12.2 Å². The number of nitrogens with two attached hydrogens (primary N) is 1. The van der Waals surface area contributed by atoms with Crippen molar-refractivity contribution in [3.63, 3.8) is 0 Å². The average molecular weight is 186 g/mol. The van der Waals surface area contributed by atoms with Crippen molar-refractivity contribution in [1.82, 2.24) is 5.32 Å². The molecule has 1 saturated carbocycles. The summed E-state index contributed by atoms with van der Waals surface area (Å²) in [7, 11) is 1.50. The molecule has 0 radical (unpaired) electrons. The second-order valence-corrected chi connectivity index (χ2v) is 3.86. The van der Waals surface area contributed by atoms with Crippen LogP contribution >= 0.6 is 0 Å². The summed E-state index contributed by atoms with van der Waals surface area (Å²) in [5.74, 6) is -0.0906. The summed E-state index contributed by atoms with van der Waals surface area (Å²) in [6, 6.07) is 0. The molecule has 0 aliphatic heterocycles. The van der Waals surface area contributed by atoms with E-state index in [1.165, 1.54) is 13.5 Å². The van der Waals surface area contributed by atoms with Gasteiger partial charge in [0.25, 0.3) is 5.91 Å². The summed E-state index contributed by atoms with van der Waals surface area (Å²) in [6.45, 7) is 2.29. The Balaban J connectivity index is 2.39. The van der Waals surface area contributed by atoms with Crippen LogP contribution in [0.1, 0.15) is 26.2 Å². The Morgan fingerprint density at radius 2 is 2.31 bits per heavy atom. The van der Waals surface area contributed by atoms with Crippen LogP contribution in [-0.2, 0) is 9.53 Å². The lowest BCUT2D eigenvalue weighted by Crippen LogP contribution is -2.55. The molecule has 1 aliphatic carbocycles. The number of carbonyl (C=O) groups excluding carboxylic acids is 1. The highest BCUT2D eigenvalue weighted by atomic mass is 16.5. The van der Waals surface area contributed by atoms with Gasteiger partial charge in [0, 0.05) is 19.2 Å². The highest BCUT2D eigenvalue weighted by molar-refractivity contribution is 5.81. The molecule has 3 N–H and O–H groups in total. The van der Waals surface area contributed by atoms with Crippen molar-refractivity contribution in [2.24, 2.45) is 5.73 Å². The van der Waals surface area contributed by atoms with Crippen LogP contribution in [0.15, 0.2) is 0 Å². The molecule has 76 valence electrons. The Labute approximate surface area is 78.8 Å². The smallest absolute Gasteiger partial charge is 0.250 e. The Hall–Kier alpha value is -0.610. The maximum atomic E-state index is 11.5. The zero-order chi connectivity index (χ0) is 9.90. The number of carbonyl (C=O) groups is 1. The van der Waals surface area contributed by atoms with E-state index in [0.29, 0.717) is 0 Å². The van der Waals surface area contributed by atoms with E-state index in [9.17, 15) is 4.79 Å². The monoisotopic (exact) mass is 186 g/mol. The lowest BCUT2D eigenvalue weighted by atomic mass is 9.78. The van der Waals surface area contributed by atoms with Gasteiger partial charge < -0.3 is 15.8 Å². The summed E-state index contributed by atoms with van der Waals surface area (Å²) >= 11 is 0. The summed E-state index contributed by atoms with van der Waals surface area (Å²) in [5.41, 5.74) is 5.37. The first kappa shape index (κ1) is 10.5. The fraction of sp³-hybridized carbons (Fsp3) is 0.889. The van der Waals surface area contributed by atoms with Crippen LogP contribution in [-0.4, -0.2) is 31.2 Å². The first-order valence-corrected chi connectivity index (χ1v) is 4.66. The van der Waals surface area contributed by atoms with Crippen LogP contribution in [0.3, 0.4) is 0 Å². The Kier molecular flexibility index (Phi) is 3.27. The van der Waals surface area contributed by atoms with Crippen LogP contribution in [0, 0.1) is 0 Å². The van der Waals surface area contributed by atoms with Crippen LogP contribution in [0.2, 0.25) is 0 Å². The van der Waals surface area contributed by atoms with Gasteiger partial charge in [-0.25, -0.2) is 0 Å². The minimum atomic E-state index is -0.502. The Morgan fingerprint density at radius 1 is 1.69 bits per heavy atom. The SMILES string of the molecule is COC(CN)C(=O)NC1(C)CCC1. The highest BCUT2D eigenvalue weighted by Crippen LogP contribution is 2.30. The minimum Gasteiger partial charge on any atom is -0.370 e. The van der Waals surface area contributed by atoms with Crippen molar-refractivity contribution in [1.29, 1.82) is 0 Å². The molecule has 0 bridgehead atoms. The Bertz CT molecular complexity index is 186. The van der Waals surface area contributed by atoms with Gasteiger partial charge in [-0.1, -0.05) is 0 Å². The van der Waals surface area contributed by atoms with Crippen molar-refractivity contribution >= 4 is 5.91 Å². The normalized spacial score (nSPS) is 21.8. The molecule has 0 heterocycles. The molecule has 1 amide bonds. The van der Waals surface area contributed by atoms with Crippen molar-refractivity contribution < 1.29 is 9.53 Å². The maximum absolute atomic E-state index is 11.5. The van der Waals surface area contributed by atoms with Crippen LogP contribution < -0.4 is 11.1 Å². The largest absolute Gasteiger partial charge is 0.370 e. The molecule has 1 fully saturated rings. The van der Waals surface area contributed by atoms with Crippen molar-refractivity contribution in [3.05, 3.63) is 0 Å². The number of nitrogens with one attached hydrogen (secondary N) is 1. The van der Waals surface area contributed by atoms with E-state index >= 15 is 0 Å². The molecule has 0 saturated heterocycles. The van der Waals surface area contributed by atoms with E-state index in [-0.39, 0.29) is 18.0 Å². The molecule has 0 aromatic carbocycles. The standard InChI is InChI=1S/C9H18N2O2/c1-9(4-3-5-9)11-8(12)7(6-10)13-2/h7H,3-6,10H2,1-2H3,(H,11,12). The number of ether oxygens (including phenoxy) is 1. The van der Waals surface area contributed by atoms with E-state index in [1.807, 2.05) is 0 Å². The van der Waals surface area contributed by atoms with Gasteiger partial charge >= 0.3 is 0 Å². The molecule has 0 spiro atoms. The maximum Gasteiger partial charge on any atom is 0.250 e. The third kappa shape index (κ3) is 2.42. The molecular weight excluding hydrogens is 168 g/mol. The number of rotatable bonds is 4. The first-order chi connectivity index (χ1) is 6.11. The van der Waals surface area contributed by atoms with Gasteiger partial charge in [-0.05, 0) is 26.2 Å². The molecular formula is C9H18N2O2. The third-order valence-corrected chi connectivity index (χ3v) is 2.67. The predicted molar refractivity (Wildman–Crippen MR) is 50.3 cm³/mol. The second kappa shape index (κ2) is 4.07. The van der Waals surface area contributed by atoms with E-state index in [0.717, 1.165) is 12.8 Å². The lowest BCUT2D eigenvalue weighted by Gasteiger charge is -2.39. The number of amides is 1. The molecule has 1 aliphatic rings. The van der Waals surface area contributed by atoms with Gasteiger partial charge in [0.15, 0.2) is 0 Å². The van der Waals surface area contributed by atoms with Gasteiger partial charge in [0.05, 0.1) is 0 Å².